The first-order valence-corrected chi connectivity index (χ1v) is 9.41. The molecular weight excluding hydrogens is 497 g/mol. The zero-order chi connectivity index (χ0) is 21.2. The summed E-state index contributed by atoms with van der Waals surface area (Å²) in [5, 5.41) is 3.40. The van der Waals surface area contributed by atoms with E-state index in [0.717, 1.165) is 29.3 Å². The average molecular weight is 529 g/mol. The molecule has 0 saturated carbocycles. The Labute approximate surface area is 196 Å². The lowest BCUT2D eigenvalue weighted by Crippen LogP contribution is -2.39. The fourth-order valence-electron chi connectivity index (χ4n) is 3.22. The van der Waals surface area contributed by atoms with E-state index in [0.29, 0.717) is 30.3 Å². The number of halogens is 1. The molecule has 0 heterocycles. The van der Waals surface area contributed by atoms with Gasteiger partial charge in [0.05, 0.1) is 28.4 Å². The minimum atomic E-state index is 0. The standard InChI is InChI=1S/C22H31N3O4.HI/c1-23-22(25(2)15-17-9-7-8-10-18(17)26-3)24-14-13-16-11-12-19(27-4)21(29-6)20(16)28-5;/h7-12H,13-15H2,1-6H3,(H,23,24);1H. The largest absolute Gasteiger partial charge is 0.496 e. The molecule has 2 aromatic carbocycles. The Kier molecular flexibility index (Phi) is 11.2. The Balaban J connectivity index is 0.00000450. The second-order valence-corrected chi connectivity index (χ2v) is 6.39. The van der Waals surface area contributed by atoms with Crippen molar-refractivity contribution in [2.24, 2.45) is 4.99 Å². The Bertz CT molecular complexity index is 830. The molecule has 7 nitrogen and oxygen atoms in total. The summed E-state index contributed by atoms with van der Waals surface area (Å²) in [6.45, 7) is 1.37. The quantitative estimate of drug-likeness (QED) is 0.305. The van der Waals surface area contributed by atoms with Gasteiger partial charge in [-0.25, -0.2) is 0 Å². The van der Waals surface area contributed by atoms with Crippen molar-refractivity contribution in [2.45, 2.75) is 13.0 Å². The van der Waals surface area contributed by atoms with E-state index >= 15 is 0 Å². The number of hydrogen-bond donors (Lipinski definition) is 1. The maximum atomic E-state index is 5.56. The first kappa shape index (κ1) is 25.7. The van der Waals surface area contributed by atoms with Crippen LogP contribution in [0.15, 0.2) is 41.4 Å². The number of guanidine groups is 1. The Morgan fingerprint density at radius 1 is 0.867 bits per heavy atom. The van der Waals surface area contributed by atoms with E-state index in [1.165, 1.54) is 0 Å². The van der Waals surface area contributed by atoms with Crippen LogP contribution in [0.1, 0.15) is 11.1 Å². The summed E-state index contributed by atoms with van der Waals surface area (Å²) < 4.78 is 21.8. The number of nitrogens with one attached hydrogen (secondary N) is 1. The van der Waals surface area contributed by atoms with Gasteiger partial charge in [0.1, 0.15) is 5.75 Å². The summed E-state index contributed by atoms with van der Waals surface area (Å²) >= 11 is 0. The molecule has 0 unspecified atom stereocenters. The van der Waals surface area contributed by atoms with E-state index in [1.807, 2.05) is 37.4 Å². The molecule has 0 aliphatic heterocycles. The molecule has 30 heavy (non-hydrogen) atoms. The lowest BCUT2D eigenvalue weighted by Gasteiger charge is -2.23. The number of ether oxygens (including phenoxy) is 4. The summed E-state index contributed by atoms with van der Waals surface area (Å²) in [5.74, 6) is 3.60. The predicted molar refractivity (Wildman–Crippen MR) is 131 cm³/mol. The van der Waals surface area contributed by atoms with Gasteiger partial charge in [0, 0.05) is 38.3 Å². The van der Waals surface area contributed by atoms with Crippen molar-refractivity contribution in [2.75, 3.05) is 49.1 Å². The van der Waals surface area contributed by atoms with Crippen LogP contribution in [0.3, 0.4) is 0 Å². The number of aliphatic imine (C=N–C) groups is 1. The molecule has 2 rings (SSSR count). The van der Waals surface area contributed by atoms with Crippen LogP contribution in [-0.2, 0) is 13.0 Å². The van der Waals surface area contributed by atoms with Gasteiger partial charge in [0.15, 0.2) is 17.5 Å². The number of nitrogens with zero attached hydrogens (tertiary/aromatic N) is 2. The van der Waals surface area contributed by atoms with E-state index in [-0.39, 0.29) is 24.0 Å². The van der Waals surface area contributed by atoms with Gasteiger partial charge in [-0.2, -0.15) is 0 Å². The molecule has 0 amide bonds. The minimum Gasteiger partial charge on any atom is -0.496 e. The molecule has 166 valence electrons. The molecular formula is C22H32IN3O4. The zero-order valence-electron chi connectivity index (χ0n) is 18.5. The SMILES string of the molecule is CN=C(NCCc1ccc(OC)c(OC)c1OC)N(C)Cc1ccccc1OC.I. The van der Waals surface area contributed by atoms with Crippen molar-refractivity contribution < 1.29 is 18.9 Å². The van der Waals surface area contributed by atoms with Crippen LogP contribution in [-0.4, -0.2) is 59.9 Å². The van der Waals surface area contributed by atoms with Gasteiger partial charge < -0.3 is 29.2 Å². The molecule has 0 spiro atoms. The summed E-state index contributed by atoms with van der Waals surface area (Å²) in [6.07, 6.45) is 0.741. The van der Waals surface area contributed by atoms with Crippen LogP contribution in [0.4, 0.5) is 0 Å². The van der Waals surface area contributed by atoms with Crippen molar-refractivity contribution in [3.8, 4) is 23.0 Å². The van der Waals surface area contributed by atoms with Crippen LogP contribution >= 0.6 is 24.0 Å². The lowest BCUT2D eigenvalue weighted by atomic mass is 10.1. The van der Waals surface area contributed by atoms with Crippen molar-refractivity contribution in [1.29, 1.82) is 0 Å². The fraction of sp³-hybridized carbons (Fsp3) is 0.409. The van der Waals surface area contributed by atoms with Gasteiger partial charge in [-0.15, -0.1) is 24.0 Å². The molecule has 0 aliphatic rings. The normalized spacial score (nSPS) is 10.7. The second kappa shape index (κ2) is 13.0. The van der Waals surface area contributed by atoms with E-state index in [2.05, 4.69) is 21.3 Å². The third-order valence-electron chi connectivity index (χ3n) is 4.64. The van der Waals surface area contributed by atoms with E-state index in [9.17, 15) is 0 Å². The number of benzene rings is 2. The fourth-order valence-corrected chi connectivity index (χ4v) is 3.22. The Hall–Kier alpha value is -2.36. The smallest absolute Gasteiger partial charge is 0.203 e. The zero-order valence-corrected chi connectivity index (χ0v) is 20.9. The Morgan fingerprint density at radius 2 is 1.53 bits per heavy atom. The molecule has 0 fully saturated rings. The van der Waals surface area contributed by atoms with Gasteiger partial charge in [0.25, 0.3) is 0 Å². The van der Waals surface area contributed by atoms with Gasteiger partial charge in [0.2, 0.25) is 5.75 Å². The minimum absolute atomic E-state index is 0. The van der Waals surface area contributed by atoms with E-state index < -0.39 is 0 Å². The van der Waals surface area contributed by atoms with Crippen LogP contribution in [0, 0.1) is 0 Å². The van der Waals surface area contributed by atoms with Crippen LogP contribution in [0.25, 0.3) is 0 Å². The van der Waals surface area contributed by atoms with E-state index in [4.69, 9.17) is 18.9 Å². The monoisotopic (exact) mass is 529 g/mol. The number of hydrogen-bond acceptors (Lipinski definition) is 5. The number of para-hydroxylation sites is 1. The Morgan fingerprint density at radius 3 is 2.13 bits per heavy atom. The van der Waals surface area contributed by atoms with Gasteiger partial charge in [-0.1, -0.05) is 24.3 Å². The third kappa shape index (κ3) is 6.32. The summed E-state index contributed by atoms with van der Waals surface area (Å²) in [7, 11) is 10.3. The highest BCUT2D eigenvalue weighted by atomic mass is 127. The topological polar surface area (TPSA) is 64.6 Å². The molecule has 0 aliphatic carbocycles. The summed E-state index contributed by atoms with van der Waals surface area (Å²) in [4.78, 5) is 6.45. The molecule has 1 N–H and O–H groups in total. The first-order valence-electron chi connectivity index (χ1n) is 9.41. The highest BCUT2D eigenvalue weighted by Gasteiger charge is 2.16. The summed E-state index contributed by atoms with van der Waals surface area (Å²) in [5.41, 5.74) is 2.13. The van der Waals surface area contributed by atoms with Crippen molar-refractivity contribution in [3.63, 3.8) is 0 Å². The number of rotatable bonds is 9. The number of methoxy groups -OCH3 is 4. The van der Waals surface area contributed by atoms with Crippen molar-refractivity contribution in [1.82, 2.24) is 10.2 Å². The molecule has 0 saturated heterocycles. The molecule has 0 aromatic heterocycles. The molecule has 8 heteroatoms. The highest BCUT2D eigenvalue weighted by molar-refractivity contribution is 14.0. The maximum absolute atomic E-state index is 5.56. The van der Waals surface area contributed by atoms with E-state index in [1.54, 1.807) is 35.5 Å². The lowest BCUT2D eigenvalue weighted by molar-refractivity contribution is 0.322. The van der Waals surface area contributed by atoms with Crippen LogP contribution < -0.4 is 24.3 Å². The third-order valence-corrected chi connectivity index (χ3v) is 4.64. The van der Waals surface area contributed by atoms with Crippen LogP contribution in [0.2, 0.25) is 0 Å². The predicted octanol–water partition coefficient (Wildman–Crippen LogP) is 3.59. The molecule has 0 atom stereocenters. The summed E-state index contributed by atoms with van der Waals surface area (Å²) in [6, 6.07) is 11.9. The molecule has 2 aromatic rings. The van der Waals surface area contributed by atoms with Gasteiger partial charge in [-0.05, 0) is 18.6 Å². The van der Waals surface area contributed by atoms with Crippen molar-refractivity contribution >= 4 is 29.9 Å². The van der Waals surface area contributed by atoms with Gasteiger partial charge in [-0.3, -0.25) is 4.99 Å². The highest BCUT2D eigenvalue weighted by Crippen LogP contribution is 2.39. The van der Waals surface area contributed by atoms with Crippen LogP contribution in [0.5, 0.6) is 23.0 Å². The molecule has 0 radical (unpaired) electrons. The second-order valence-electron chi connectivity index (χ2n) is 6.39. The molecule has 0 bridgehead atoms. The van der Waals surface area contributed by atoms with Gasteiger partial charge >= 0.3 is 0 Å². The van der Waals surface area contributed by atoms with Crippen molar-refractivity contribution in [3.05, 3.63) is 47.5 Å². The maximum Gasteiger partial charge on any atom is 0.203 e. The average Bonchev–Trinajstić information content (AvgIpc) is 2.76. The first-order chi connectivity index (χ1) is 14.1.